The topological polar surface area (TPSA) is 197 Å². The highest BCUT2D eigenvalue weighted by molar-refractivity contribution is 7.86. The molecule has 0 radical (unpaired) electrons. The fourth-order valence-corrected chi connectivity index (χ4v) is 5.50. The molecule has 18 heteroatoms. The molecule has 3 aromatic carbocycles. The van der Waals surface area contributed by atoms with E-state index in [2.05, 4.69) is 10.1 Å². The summed E-state index contributed by atoms with van der Waals surface area (Å²) in [7, 11) is -9.39. The van der Waals surface area contributed by atoms with Gasteiger partial charge in [0.05, 0.1) is 38.6 Å². The van der Waals surface area contributed by atoms with Gasteiger partial charge in [-0.3, -0.25) is 0 Å². The standard InChI is InChI=1S/C27H28N2O13S3/c1-16-28-24(29-39-16)15-38-21-12-9-18(13-22(21)41-44(5,32)33)25-23(36-2)14-20(26(37-3)27(25)42-45(6,34)35)17-7-10-19(11-8-17)40-43(4,30)31/h7-14H,15H2,1-6H3. The Morgan fingerprint density at radius 2 is 1.31 bits per heavy atom. The molecule has 1 heterocycles. The van der Waals surface area contributed by atoms with Gasteiger partial charge in [-0.05, 0) is 41.5 Å². The van der Waals surface area contributed by atoms with Crippen molar-refractivity contribution in [3.63, 3.8) is 0 Å². The van der Waals surface area contributed by atoms with Crippen LogP contribution in [0.5, 0.6) is 34.5 Å². The highest BCUT2D eigenvalue weighted by atomic mass is 32.2. The van der Waals surface area contributed by atoms with Crippen molar-refractivity contribution < 1.29 is 56.5 Å². The van der Waals surface area contributed by atoms with Gasteiger partial charge in [0.15, 0.2) is 29.6 Å². The van der Waals surface area contributed by atoms with Gasteiger partial charge >= 0.3 is 30.4 Å². The van der Waals surface area contributed by atoms with Crippen molar-refractivity contribution in [1.29, 1.82) is 0 Å². The maximum Gasteiger partial charge on any atom is 0.306 e. The number of hydrogen-bond donors (Lipinski definition) is 0. The first-order valence-corrected chi connectivity index (χ1v) is 18.1. The number of benzene rings is 3. The van der Waals surface area contributed by atoms with Gasteiger partial charge in [-0.1, -0.05) is 23.4 Å². The van der Waals surface area contributed by atoms with Crippen LogP contribution in [0.15, 0.2) is 53.1 Å². The number of hydrogen-bond acceptors (Lipinski definition) is 15. The van der Waals surface area contributed by atoms with Crippen molar-refractivity contribution in [2.24, 2.45) is 0 Å². The molecule has 4 rings (SSSR count). The summed E-state index contributed by atoms with van der Waals surface area (Å²) < 4.78 is 110. The Bertz CT molecular complexity index is 2040. The average molecular weight is 685 g/mol. The first-order valence-electron chi connectivity index (χ1n) is 12.6. The van der Waals surface area contributed by atoms with E-state index in [9.17, 15) is 25.3 Å². The minimum atomic E-state index is -4.17. The van der Waals surface area contributed by atoms with E-state index in [0.29, 0.717) is 17.0 Å². The molecular formula is C27H28N2O13S3. The predicted octanol–water partition coefficient (Wildman–Crippen LogP) is 3.32. The number of rotatable bonds is 13. The molecule has 0 saturated carbocycles. The molecule has 15 nitrogen and oxygen atoms in total. The van der Waals surface area contributed by atoms with Crippen LogP contribution >= 0.6 is 0 Å². The molecular weight excluding hydrogens is 656 g/mol. The number of aromatic nitrogens is 2. The van der Waals surface area contributed by atoms with Gasteiger partial charge in [-0.25, -0.2) is 0 Å². The van der Waals surface area contributed by atoms with Crippen molar-refractivity contribution in [1.82, 2.24) is 10.1 Å². The van der Waals surface area contributed by atoms with Crippen LogP contribution in [-0.4, -0.2) is 68.4 Å². The molecule has 0 amide bonds. The zero-order valence-electron chi connectivity index (χ0n) is 24.8. The van der Waals surface area contributed by atoms with Crippen LogP contribution in [0, 0.1) is 6.92 Å². The third-order valence-corrected chi connectivity index (χ3v) is 7.12. The fourth-order valence-electron chi connectivity index (χ4n) is 4.12. The van der Waals surface area contributed by atoms with E-state index in [-0.39, 0.29) is 58.1 Å². The van der Waals surface area contributed by atoms with E-state index in [1.807, 2.05) is 0 Å². The molecule has 242 valence electrons. The maximum absolute atomic E-state index is 12.5. The third-order valence-electron chi connectivity index (χ3n) is 5.67. The normalized spacial score (nSPS) is 12.0. The highest BCUT2D eigenvalue weighted by Gasteiger charge is 2.27. The Hall–Kier alpha value is -4.55. The summed E-state index contributed by atoms with van der Waals surface area (Å²) >= 11 is 0. The minimum absolute atomic E-state index is 0.00355. The van der Waals surface area contributed by atoms with Gasteiger partial charge in [0.25, 0.3) is 0 Å². The van der Waals surface area contributed by atoms with Gasteiger partial charge in [-0.2, -0.15) is 30.2 Å². The summed E-state index contributed by atoms with van der Waals surface area (Å²) in [4.78, 5) is 4.04. The molecule has 0 bridgehead atoms. The molecule has 45 heavy (non-hydrogen) atoms. The van der Waals surface area contributed by atoms with Crippen molar-refractivity contribution >= 4 is 30.4 Å². The smallest absolute Gasteiger partial charge is 0.306 e. The summed E-state index contributed by atoms with van der Waals surface area (Å²) in [6, 6.07) is 11.6. The second-order valence-electron chi connectivity index (χ2n) is 9.43. The van der Waals surface area contributed by atoms with Crippen LogP contribution < -0.4 is 26.8 Å². The van der Waals surface area contributed by atoms with Crippen molar-refractivity contribution in [2.75, 3.05) is 33.0 Å². The summed E-state index contributed by atoms with van der Waals surface area (Å²) in [5.41, 5.74) is 1.04. The first-order chi connectivity index (χ1) is 21.0. The van der Waals surface area contributed by atoms with Crippen molar-refractivity contribution in [2.45, 2.75) is 13.5 Å². The average Bonchev–Trinajstić information content (AvgIpc) is 3.34. The molecule has 1 aromatic heterocycles. The second kappa shape index (κ2) is 12.8. The van der Waals surface area contributed by atoms with Gasteiger partial charge in [0, 0.05) is 12.5 Å². The molecule has 0 spiro atoms. The molecule has 0 saturated heterocycles. The third kappa shape index (κ3) is 8.77. The molecule has 0 unspecified atom stereocenters. The van der Waals surface area contributed by atoms with Crippen LogP contribution in [0.25, 0.3) is 22.3 Å². The minimum Gasteiger partial charge on any atom is -0.496 e. The molecule has 0 aliphatic heterocycles. The SMILES string of the molecule is COc1cc(-c2ccc(OS(C)(=O)=O)cc2)c(OC)c(OS(C)(=O)=O)c1-c1ccc(OCc2noc(C)n2)c(OS(C)(=O)=O)c1. The van der Waals surface area contributed by atoms with Crippen LogP contribution in [0.1, 0.15) is 11.7 Å². The van der Waals surface area contributed by atoms with Gasteiger partial charge in [0.1, 0.15) is 11.5 Å². The summed E-state index contributed by atoms with van der Waals surface area (Å²) in [5, 5.41) is 3.73. The zero-order chi connectivity index (χ0) is 33.2. The molecule has 0 atom stereocenters. The van der Waals surface area contributed by atoms with Gasteiger partial charge in [-0.15, -0.1) is 0 Å². The second-order valence-corrected chi connectivity index (χ2v) is 14.2. The Morgan fingerprint density at radius 1 is 0.689 bits per heavy atom. The number of aryl methyl sites for hydroxylation is 1. The summed E-state index contributed by atoms with van der Waals surface area (Å²) in [5.74, 6) is 0.0803. The lowest BCUT2D eigenvalue weighted by molar-refractivity contribution is 0.278. The number of methoxy groups -OCH3 is 2. The molecule has 4 aromatic rings. The van der Waals surface area contributed by atoms with E-state index < -0.39 is 30.4 Å². The van der Waals surface area contributed by atoms with Gasteiger partial charge < -0.3 is 31.3 Å². The van der Waals surface area contributed by atoms with E-state index in [1.165, 1.54) is 62.8 Å². The summed E-state index contributed by atoms with van der Waals surface area (Å²) in [6.07, 6.45) is 2.58. The monoisotopic (exact) mass is 684 g/mol. The summed E-state index contributed by atoms with van der Waals surface area (Å²) in [6.45, 7) is 1.41. The van der Waals surface area contributed by atoms with Crippen LogP contribution in [0.4, 0.5) is 0 Å². The largest absolute Gasteiger partial charge is 0.496 e. The van der Waals surface area contributed by atoms with Gasteiger partial charge in [0.2, 0.25) is 11.7 Å². The lowest BCUT2D eigenvalue weighted by Crippen LogP contribution is -2.10. The highest BCUT2D eigenvalue weighted by Crippen LogP contribution is 2.51. The Kier molecular flexibility index (Phi) is 9.50. The van der Waals surface area contributed by atoms with E-state index in [0.717, 1.165) is 18.8 Å². The van der Waals surface area contributed by atoms with E-state index in [1.54, 1.807) is 6.92 Å². The quantitative estimate of drug-likeness (QED) is 0.186. The number of ether oxygens (including phenoxy) is 3. The maximum atomic E-state index is 12.5. The zero-order valence-corrected chi connectivity index (χ0v) is 27.2. The van der Waals surface area contributed by atoms with E-state index in [4.69, 9.17) is 31.3 Å². The van der Waals surface area contributed by atoms with Crippen LogP contribution in [0.2, 0.25) is 0 Å². The molecule has 0 N–H and O–H groups in total. The Labute approximate surface area is 260 Å². The van der Waals surface area contributed by atoms with Crippen LogP contribution in [-0.2, 0) is 37.0 Å². The predicted molar refractivity (Wildman–Crippen MR) is 160 cm³/mol. The Morgan fingerprint density at radius 3 is 1.84 bits per heavy atom. The lowest BCUT2D eigenvalue weighted by Gasteiger charge is -2.21. The Balaban J connectivity index is 1.91. The molecule has 0 aliphatic carbocycles. The first kappa shape index (κ1) is 33.3. The molecule has 0 aliphatic rings. The van der Waals surface area contributed by atoms with E-state index >= 15 is 0 Å². The van der Waals surface area contributed by atoms with Crippen molar-refractivity contribution in [3.8, 4) is 56.8 Å². The van der Waals surface area contributed by atoms with Crippen molar-refractivity contribution in [3.05, 3.63) is 60.2 Å². The number of nitrogens with zero attached hydrogens (tertiary/aromatic N) is 2. The molecule has 0 fully saturated rings. The lowest BCUT2D eigenvalue weighted by atomic mass is 9.96. The fraction of sp³-hybridized carbons (Fsp3) is 0.259. The van der Waals surface area contributed by atoms with Crippen LogP contribution in [0.3, 0.4) is 0 Å².